The zero-order valence-electron chi connectivity index (χ0n) is 11.4. The highest BCUT2D eigenvalue weighted by Crippen LogP contribution is 2.11. The molecule has 7 nitrogen and oxygen atoms in total. The number of pyridine rings is 1. The number of amides is 1. The first-order valence-electron chi connectivity index (χ1n) is 6.27. The van der Waals surface area contributed by atoms with Crippen LogP contribution in [0.5, 0.6) is 5.88 Å². The Hall–Kier alpha value is -2.31. The van der Waals surface area contributed by atoms with Crippen LogP contribution in [0.2, 0.25) is 0 Å². The van der Waals surface area contributed by atoms with Crippen molar-refractivity contribution in [3.8, 4) is 5.88 Å². The van der Waals surface area contributed by atoms with Crippen LogP contribution in [0.1, 0.15) is 37.0 Å². The van der Waals surface area contributed by atoms with Crippen molar-refractivity contribution in [3.05, 3.63) is 28.0 Å². The molecule has 0 spiro atoms. The van der Waals surface area contributed by atoms with Gasteiger partial charge in [-0.1, -0.05) is 0 Å². The van der Waals surface area contributed by atoms with Gasteiger partial charge in [-0.15, -0.1) is 0 Å². The normalized spacial score (nSPS) is 10.6. The molecule has 1 rings (SSSR count). The quantitative estimate of drug-likeness (QED) is 0.714. The molecule has 20 heavy (non-hydrogen) atoms. The van der Waals surface area contributed by atoms with Gasteiger partial charge in [0.25, 0.3) is 11.5 Å². The van der Waals surface area contributed by atoms with E-state index in [1.54, 1.807) is 13.8 Å². The first-order chi connectivity index (χ1) is 9.31. The number of nitrogens with one attached hydrogen (secondary N) is 1. The summed E-state index contributed by atoms with van der Waals surface area (Å²) in [7, 11) is 0. The van der Waals surface area contributed by atoms with Gasteiger partial charge < -0.3 is 15.1 Å². The van der Waals surface area contributed by atoms with Crippen molar-refractivity contribution in [2.45, 2.75) is 32.7 Å². The van der Waals surface area contributed by atoms with E-state index in [2.05, 4.69) is 4.98 Å². The van der Waals surface area contributed by atoms with Crippen LogP contribution in [0.3, 0.4) is 0 Å². The molecule has 0 aromatic carbocycles. The van der Waals surface area contributed by atoms with E-state index in [-0.39, 0.29) is 30.5 Å². The molecule has 0 unspecified atom stereocenters. The molecule has 0 aliphatic rings. The number of rotatable bonds is 6. The number of hydrogen-bond acceptors (Lipinski definition) is 4. The minimum atomic E-state index is -0.921. The number of hydrogen-bond donors (Lipinski definition) is 3. The predicted octanol–water partition coefficient (Wildman–Crippen LogP) is 0.796. The molecule has 0 saturated heterocycles. The summed E-state index contributed by atoms with van der Waals surface area (Å²) in [6.45, 7) is 3.87. The highest BCUT2D eigenvalue weighted by Gasteiger charge is 2.19. The standard InChI is InChI=1S/C13H18N2O5/c1-8(2)15(5-3-4-12(18)19)13(20)9-6-10(16)14-11(17)7-9/h6-8H,3-5H2,1-2H3,(H,18,19)(H2,14,16,17). The van der Waals surface area contributed by atoms with E-state index >= 15 is 0 Å². The van der Waals surface area contributed by atoms with E-state index in [1.165, 1.54) is 11.0 Å². The molecule has 0 aliphatic carbocycles. The van der Waals surface area contributed by atoms with Crippen molar-refractivity contribution in [2.75, 3.05) is 6.54 Å². The highest BCUT2D eigenvalue weighted by molar-refractivity contribution is 5.94. The van der Waals surface area contributed by atoms with Crippen molar-refractivity contribution < 1.29 is 19.8 Å². The van der Waals surface area contributed by atoms with Crippen LogP contribution in [-0.2, 0) is 4.79 Å². The summed E-state index contributed by atoms with van der Waals surface area (Å²) in [5, 5.41) is 17.9. The predicted molar refractivity (Wildman–Crippen MR) is 71.8 cm³/mol. The van der Waals surface area contributed by atoms with Crippen LogP contribution >= 0.6 is 0 Å². The van der Waals surface area contributed by atoms with Gasteiger partial charge >= 0.3 is 5.97 Å². The fourth-order valence-electron chi connectivity index (χ4n) is 1.81. The fourth-order valence-corrected chi connectivity index (χ4v) is 1.81. The second-order valence-electron chi connectivity index (χ2n) is 4.71. The molecule has 3 N–H and O–H groups in total. The van der Waals surface area contributed by atoms with E-state index in [0.29, 0.717) is 6.42 Å². The van der Waals surface area contributed by atoms with Gasteiger partial charge in [0.05, 0.1) is 5.56 Å². The molecule has 0 saturated carbocycles. The Bertz CT molecular complexity index is 550. The molecular formula is C13H18N2O5. The smallest absolute Gasteiger partial charge is 0.303 e. The van der Waals surface area contributed by atoms with Crippen LogP contribution < -0.4 is 5.56 Å². The zero-order valence-corrected chi connectivity index (χ0v) is 11.4. The lowest BCUT2D eigenvalue weighted by atomic mass is 10.1. The first-order valence-corrected chi connectivity index (χ1v) is 6.27. The average Bonchev–Trinajstić information content (AvgIpc) is 2.31. The van der Waals surface area contributed by atoms with Crippen LogP contribution in [0.15, 0.2) is 16.9 Å². The Labute approximate surface area is 115 Å². The number of aromatic nitrogens is 1. The number of H-pyrrole nitrogens is 1. The van der Waals surface area contributed by atoms with Crippen LogP contribution in [0.25, 0.3) is 0 Å². The van der Waals surface area contributed by atoms with E-state index < -0.39 is 17.4 Å². The van der Waals surface area contributed by atoms with Gasteiger partial charge in [-0.25, -0.2) is 0 Å². The lowest BCUT2D eigenvalue weighted by molar-refractivity contribution is -0.137. The average molecular weight is 282 g/mol. The maximum Gasteiger partial charge on any atom is 0.303 e. The molecule has 1 aromatic rings. The Morgan fingerprint density at radius 3 is 2.50 bits per heavy atom. The molecule has 0 bridgehead atoms. The van der Waals surface area contributed by atoms with Crippen molar-refractivity contribution in [1.29, 1.82) is 0 Å². The maximum atomic E-state index is 12.3. The Morgan fingerprint density at radius 1 is 1.35 bits per heavy atom. The monoisotopic (exact) mass is 282 g/mol. The Kier molecular flexibility index (Phi) is 5.31. The van der Waals surface area contributed by atoms with Gasteiger partial charge in [0.15, 0.2) is 5.88 Å². The summed E-state index contributed by atoms with van der Waals surface area (Å²) in [4.78, 5) is 37.6. The summed E-state index contributed by atoms with van der Waals surface area (Å²) in [6.07, 6.45) is 0.297. The SMILES string of the molecule is CC(C)N(CCCC(=O)O)C(=O)c1cc(O)[nH]c(=O)c1. The van der Waals surface area contributed by atoms with E-state index in [9.17, 15) is 19.5 Å². The van der Waals surface area contributed by atoms with Crippen molar-refractivity contribution >= 4 is 11.9 Å². The summed E-state index contributed by atoms with van der Waals surface area (Å²) in [6, 6.07) is 2.14. The minimum absolute atomic E-state index is 0.0306. The molecular weight excluding hydrogens is 264 g/mol. The third-order valence-corrected chi connectivity index (χ3v) is 2.75. The number of carbonyl (C=O) groups excluding carboxylic acids is 1. The Balaban J connectivity index is 2.88. The lowest BCUT2D eigenvalue weighted by Crippen LogP contribution is -2.38. The van der Waals surface area contributed by atoms with Crippen LogP contribution in [0, 0.1) is 0 Å². The topological polar surface area (TPSA) is 111 Å². The molecule has 110 valence electrons. The van der Waals surface area contributed by atoms with Gasteiger partial charge in [-0.05, 0) is 20.3 Å². The van der Waals surface area contributed by atoms with E-state index in [0.717, 1.165) is 6.07 Å². The molecule has 0 atom stereocenters. The molecule has 0 aliphatic heterocycles. The number of aromatic hydroxyl groups is 1. The van der Waals surface area contributed by atoms with Gasteiger partial charge in [-0.3, -0.25) is 19.4 Å². The summed E-state index contributed by atoms with van der Waals surface area (Å²) in [5.74, 6) is -1.71. The lowest BCUT2D eigenvalue weighted by Gasteiger charge is -2.26. The van der Waals surface area contributed by atoms with Crippen molar-refractivity contribution in [2.24, 2.45) is 0 Å². The summed E-state index contributed by atoms with van der Waals surface area (Å²) >= 11 is 0. The number of nitrogens with zero attached hydrogens (tertiary/aromatic N) is 1. The Morgan fingerprint density at radius 2 is 2.00 bits per heavy atom. The fraction of sp³-hybridized carbons (Fsp3) is 0.462. The molecule has 1 aromatic heterocycles. The number of carbonyl (C=O) groups is 2. The zero-order chi connectivity index (χ0) is 15.3. The number of carboxylic acid groups (broad SMARTS) is 1. The van der Waals surface area contributed by atoms with Crippen molar-refractivity contribution in [1.82, 2.24) is 9.88 Å². The second-order valence-corrected chi connectivity index (χ2v) is 4.71. The third kappa shape index (κ3) is 4.42. The maximum absolute atomic E-state index is 12.3. The largest absolute Gasteiger partial charge is 0.494 e. The van der Waals surface area contributed by atoms with Crippen LogP contribution in [0.4, 0.5) is 0 Å². The first kappa shape index (κ1) is 15.7. The number of aromatic amines is 1. The number of aliphatic carboxylic acids is 1. The molecule has 0 radical (unpaired) electrons. The van der Waals surface area contributed by atoms with Gasteiger partial charge in [-0.2, -0.15) is 0 Å². The van der Waals surface area contributed by atoms with E-state index in [4.69, 9.17) is 5.11 Å². The second kappa shape index (κ2) is 6.74. The minimum Gasteiger partial charge on any atom is -0.494 e. The van der Waals surface area contributed by atoms with Gasteiger partial charge in [0.2, 0.25) is 0 Å². The van der Waals surface area contributed by atoms with Gasteiger partial charge in [0, 0.05) is 31.1 Å². The molecule has 1 heterocycles. The van der Waals surface area contributed by atoms with Gasteiger partial charge in [0.1, 0.15) is 0 Å². The third-order valence-electron chi connectivity index (χ3n) is 2.75. The molecule has 7 heteroatoms. The van der Waals surface area contributed by atoms with Crippen molar-refractivity contribution in [3.63, 3.8) is 0 Å². The highest BCUT2D eigenvalue weighted by atomic mass is 16.4. The molecule has 0 fully saturated rings. The number of carboxylic acids is 1. The van der Waals surface area contributed by atoms with Crippen LogP contribution in [-0.4, -0.2) is 44.6 Å². The summed E-state index contributed by atoms with van der Waals surface area (Å²) < 4.78 is 0. The summed E-state index contributed by atoms with van der Waals surface area (Å²) in [5.41, 5.74) is -0.488. The molecule has 1 amide bonds. The van der Waals surface area contributed by atoms with E-state index in [1.807, 2.05) is 0 Å².